The van der Waals surface area contributed by atoms with Crippen LogP contribution in [0.1, 0.15) is 30.9 Å². The van der Waals surface area contributed by atoms with Gasteiger partial charge in [-0.1, -0.05) is 19.9 Å². The summed E-state index contributed by atoms with van der Waals surface area (Å²) in [5.74, 6) is 0.610. The van der Waals surface area contributed by atoms with E-state index in [1.165, 1.54) is 5.56 Å². The monoisotopic (exact) mass is 227 g/mol. The second-order valence-corrected chi connectivity index (χ2v) is 4.77. The van der Waals surface area contributed by atoms with Gasteiger partial charge in [0.05, 0.1) is 5.75 Å². The van der Waals surface area contributed by atoms with Crippen LogP contribution >= 0.6 is 0 Å². The maximum Gasteiger partial charge on any atom is 0.157 e. The molecule has 0 aliphatic carbocycles. The van der Waals surface area contributed by atoms with Crippen molar-refractivity contribution in [3.05, 3.63) is 29.3 Å². The Balaban J connectivity index is 3.05. The largest absolute Gasteiger partial charge is 0.388 e. The summed E-state index contributed by atoms with van der Waals surface area (Å²) in [5, 5.41) is 3.06. The minimum atomic E-state index is -1.78. The van der Waals surface area contributed by atoms with Crippen molar-refractivity contribution >= 4 is 16.8 Å². The summed E-state index contributed by atoms with van der Waals surface area (Å²) in [5.41, 5.74) is 3.07. The molecule has 0 bridgehead atoms. The fourth-order valence-electron chi connectivity index (χ4n) is 1.42. The van der Waals surface area contributed by atoms with Crippen molar-refractivity contribution in [3.63, 3.8) is 0 Å². The first-order valence-corrected chi connectivity index (χ1v) is 6.19. The first-order chi connectivity index (χ1) is 7.02. The van der Waals surface area contributed by atoms with Gasteiger partial charge in [0.1, 0.15) is 0 Å². The molecule has 15 heavy (non-hydrogen) atoms. The Morgan fingerprint density at radius 1 is 1.40 bits per heavy atom. The quantitative estimate of drug-likeness (QED) is 0.777. The van der Waals surface area contributed by atoms with E-state index in [9.17, 15) is 4.21 Å². The van der Waals surface area contributed by atoms with Crippen molar-refractivity contribution in [1.82, 2.24) is 0 Å². The molecule has 0 saturated carbocycles. The van der Waals surface area contributed by atoms with Gasteiger partial charge < -0.3 is 9.87 Å². The lowest BCUT2D eigenvalue weighted by molar-refractivity contribution is 0.563. The molecule has 1 unspecified atom stereocenters. The molecule has 2 N–H and O–H groups in total. The molecule has 0 saturated heterocycles. The van der Waals surface area contributed by atoms with Crippen LogP contribution in [0.15, 0.2) is 18.2 Å². The minimum Gasteiger partial charge on any atom is -0.388 e. The van der Waals surface area contributed by atoms with E-state index in [2.05, 4.69) is 25.2 Å². The summed E-state index contributed by atoms with van der Waals surface area (Å²) >= 11 is -1.78. The number of nitrogens with one attached hydrogen (secondary N) is 1. The second-order valence-electron chi connectivity index (χ2n) is 3.83. The van der Waals surface area contributed by atoms with E-state index < -0.39 is 11.1 Å². The summed E-state index contributed by atoms with van der Waals surface area (Å²) in [6.45, 7) is 4.21. The third kappa shape index (κ3) is 3.64. The highest BCUT2D eigenvalue weighted by Gasteiger charge is 2.05. The van der Waals surface area contributed by atoms with Gasteiger partial charge >= 0.3 is 0 Å². The lowest BCUT2D eigenvalue weighted by Gasteiger charge is -2.11. The molecule has 1 aromatic carbocycles. The Labute approximate surface area is 93.2 Å². The molecule has 1 rings (SSSR count). The molecule has 0 heterocycles. The van der Waals surface area contributed by atoms with Gasteiger partial charge in [-0.3, -0.25) is 0 Å². The van der Waals surface area contributed by atoms with Gasteiger partial charge in [-0.2, -0.15) is 0 Å². The maximum absolute atomic E-state index is 10.7. The first-order valence-electron chi connectivity index (χ1n) is 4.92. The van der Waals surface area contributed by atoms with Crippen LogP contribution in [0.25, 0.3) is 0 Å². The van der Waals surface area contributed by atoms with Crippen LogP contribution in [0.3, 0.4) is 0 Å². The number of hydrogen-bond donors (Lipinski definition) is 2. The Hall–Kier alpha value is -0.870. The van der Waals surface area contributed by atoms with Crippen LogP contribution < -0.4 is 5.32 Å². The van der Waals surface area contributed by atoms with E-state index >= 15 is 0 Å². The highest BCUT2D eigenvalue weighted by atomic mass is 32.2. The Bertz CT molecular complexity index is 364. The zero-order valence-electron chi connectivity index (χ0n) is 9.28. The third-order valence-electron chi connectivity index (χ3n) is 2.26. The Morgan fingerprint density at radius 3 is 2.53 bits per heavy atom. The van der Waals surface area contributed by atoms with Gasteiger partial charge in [0.25, 0.3) is 0 Å². The molecule has 0 aliphatic heterocycles. The molecule has 0 spiro atoms. The van der Waals surface area contributed by atoms with Crippen LogP contribution in [-0.2, 0) is 16.8 Å². The smallest absolute Gasteiger partial charge is 0.157 e. The first kappa shape index (κ1) is 12.2. The molecule has 0 aromatic heterocycles. The van der Waals surface area contributed by atoms with E-state index in [1.807, 2.05) is 19.2 Å². The van der Waals surface area contributed by atoms with Crippen LogP contribution in [0.5, 0.6) is 0 Å². The van der Waals surface area contributed by atoms with Gasteiger partial charge in [0.2, 0.25) is 0 Å². The van der Waals surface area contributed by atoms with Crippen molar-refractivity contribution in [3.8, 4) is 0 Å². The average Bonchev–Trinajstić information content (AvgIpc) is 2.16. The van der Waals surface area contributed by atoms with Gasteiger partial charge in [0.15, 0.2) is 11.1 Å². The Morgan fingerprint density at radius 2 is 2.07 bits per heavy atom. The van der Waals surface area contributed by atoms with Crippen LogP contribution in [-0.4, -0.2) is 15.8 Å². The van der Waals surface area contributed by atoms with Crippen molar-refractivity contribution < 1.29 is 8.76 Å². The fraction of sp³-hybridized carbons (Fsp3) is 0.455. The van der Waals surface area contributed by atoms with Gasteiger partial charge in [0, 0.05) is 12.7 Å². The number of rotatable bonds is 4. The van der Waals surface area contributed by atoms with E-state index in [4.69, 9.17) is 4.55 Å². The zero-order chi connectivity index (χ0) is 11.4. The second kappa shape index (κ2) is 5.28. The van der Waals surface area contributed by atoms with Crippen molar-refractivity contribution in [1.29, 1.82) is 0 Å². The molecule has 0 radical (unpaired) electrons. The minimum absolute atomic E-state index is 0.190. The molecule has 3 nitrogen and oxygen atoms in total. The lowest BCUT2D eigenvalue weighted by atomic mass is 10.0. The maximum atomic E-state index is 10.7. The van der Waals surface area contributed by atoms with Crippen LogP contribution in [0, 0.1) is 0 Å². The molecule has 0 aliphatic rings. The molecular weight excluding hydrogens is 210 g/mol. The number of hydrogen-bond acceptors (Lipinski definition) is 2. The molecular formula is C11H17NO2S. The summed E-state index contributed by atoms with van der Waals surface area (Å²) in [4.78, 5) is 0. The van der Waals surface area contributed by atoms with Gasteiger partial charge in [-0.15, -0.1) is 0 Å². The normalized spacial score (nSPS) is 12.9. The van der Waals surface area contributed by atoms with Gasteiger partial charge in [-0.25, -0.2) is 4.21 Å². The average molecular weight is 227 g/mol. The van der Waals surface area contributed by atoms with Crippen LogP contribution in [0.4, 0.5) is 5.69 Å². The molecule has 0 fully saturated rings. The molecule has 1 aromatic rings. The van der Waals surface area contributed by atoms with Gasteiger partial charge in [-0.05, 0) is 29.2 Å². The highest BCUT2D eigenvalue weighted by Crippen LogP contribution is 2.21. The van der Waals surface area contributed by atoms with Crippen molar-refractivity contribution in [2.45, 2.75) is 25.5 Å². The van der Waals surface area contributed by atoms with E-state index in [1.54, 1.807) is 0 Å². The van der Waals surface area contributed by atoms with Crippen molar-refractivity contribution in [2.24, 2.45) is 0 Å². The van der Waals surface area contributed by atoms with Crippen molar-refractivity contribution in [2.75, 3.05) is 12.4 Å². The van der Waals surface area contributed by atoms with Crippen LogP contribution in [0.2, 0.25) is 0 Å². The van der Waals surface area contributed by atoms with E-state index in [0.717, 1.165) is 11.3 Å². The van der Waals surface area contributed by atoms with E-state index in [-0.39, 0.29) is 5.75 Å². The predicted molar refractivity (Wildman–Crippen MR) is 64.6 cm³/mol. The fourth-order valence-corrected chi connectivity index (χ4v) is 1.87. The lowest BCUT2D eigenvalue weighted by Crippen LogP contribution is -1.99. The van der Waals surface area contributed by atoms with E-state index in [0.29, 0.717) is 5.92 Å². The highest BCUT2D eigenvalue weighted by molar-refractivity contribution is 7.78. The SMILES string of the molecule is CNc1cc(CS(=O)O)cc(C(C)C)c1. The predicted octanol–water partition coefficient (Wildman–Crippen LogP) is 2.57. The molecule has 84 valence electrons. The third-order valence-corrected chi connectivity index (χ3v) is 2.84. The standard InChI is InChI=1S/C11H17NO2S/c1-8(2)10-4-9(7-15(13)14)5-11(6-10)12-3/h4-6,8,12H,7H2,1-3H3,(H,13,14). The molecule has 0 amide bonds. The summed E-state index contributed by atoms with van der Waals surface area (Å²) < 4.78 is 19.6. The summed E-state index contributed by atoms with van der Waals surface area (Å²) in [6.07, 6.45) is 0. The summed E-state index contributed by atoms with van der Waals surface area (Å²) in [6, 6.07) is 5.95. The topological polar surface area (TPSA) is 49.3 Å². The Kier molecular flexibility index (Phi) is 4.29. The molecule has 4 heteroatoms. The number of anilines is 1. The zero-order valence-corrected chi connectivity index (χ0v) is 10.1. The molecule has 1 atom stereocenters. The number of benzene rings is 1. The summed E-state index contributed by atoms with van der Waals surface area (Å²) in [7, 11) is 1.85.